The highest BCUT2D eigenvalue weighted by atomic mass is 32.1. The largest absolute Gasteiger partial charge is 0.288 e. The van der Waals surface area contributed by atoms with E-state index in [4.69, 9.17) is 0 Å². The summed E-state index contributed by atoms with van der Waals surface area (Å²) >= 11 is 14.6. The van der Waals surface area contributed by atoms with Crippen molar-refractivity contribution < 1.29 is 19.2 Å². The van der Waals surface area contributed by atoms with Crippen molar-refractivity contribution in [2.24, 2.45) is 11.8 Å². The smallest absolute Gasteiger partial charge is 0.197 e. The molecule has 0 saturated carbocycles. The number of benzene rings is 3. The minimum atomic E-state index is -0.203. The zero-order chi connectivity index (χ0) is 54.0. The number of carbonyl (C=O) groups excluding carboxylic acids is 4. The fraction of sp³-hybridized carbons (Fsp3) is 0.182. The van der Waals surface area contributed by atoms with Crippen LogP contribution in [0.4, 0.5) is 0 Å². The Labute approximate surface area is 485 Å². The van der Waals surface area contributed by atoms with Gasteiger partial charge in [-0.25, -0.2) is 0 Å². The van der Waals surface area contributed by atoms with E-state index in [9.17, 15) is 19.2 Å². The van der Waals surface area contributed by atoms with Crippen molar-refractivity contribution in [3.05, 3.63) is 184 Å². The lowest BCUT2D eigenvalue weighted by atomic mass is 9.99. The Morgan fingerprint density at radius 2 is 0.705 bits per heavy atom. The van der Waals surface area contributed by atoms with Crippen molar-refractivity contribution in [1.29, 1.82) is 0 Å². The third kappa shape index (κ3) is 8.84. The lowest BCUT2D eigenvalue weighted by Crippen LogP contribution is -1.99. The first kappa shape index (κ1) is 51.4. The molecule has 0 spiro atoms. The van der Waals surface area contributed by atoms with Crippen LogP contribution >= 0.6 is 90.7 Å². The Morgan fingerprint density at radius 3 is 1.06 bits per heavy atom. The molecule has 0 N–H and O–H groups in total. The number of aryl methyl sites for hydroxylation is 4. The average molecular weight is 1160 g/mol. The van der Waals surface area contributed by atoms with Gasteiger partial charge in [-0.15, -0.1) is 90.7 Å². The van der Waals surface area contributed by atoms with Crippen LogP contribution in [0.15, 0.2) is 120 Å². The van der Waals surface area contributed by atoms with E-state index in [0.717, 1.165) is 43.5 Å². The first-order chi connectivity index (χ1) is 37.6. The number of hydrogen-bond donors (Lipinski definition) is 0. The molecule has 0 fully saturated rings. The number of allylic oxidation sites excluding steroid dienone is 2. The number of carbonyl (C=O) groups is 4. The van der Waals surface area contributed by atoms with Gasteiger partial charge in [0, 0.05) is 122 Å². The van der Waals surface area contributed by atoms with Gasteiger partial charge in [-0.3, -0.25) is 19.2 Å². The molecule has 0 unspecified atom stereocenters. The molecule has 3 aromatic carbocycles. The first-order valence-corrected chi connectivity index (χ1v) is 32.5. The summed E-state index contributed by atoms with van der Waals surface area (Å²) in [5.41, 5.74) is 9.70. The van der Waals surface area contributed by atoms with Gasteiger partial charge in [-0.2, -0.15) is 0 Å². The van der Waals surface area contributed by atoms with Crippen molar-refractivity contribution in [2.45, 2.75) is 68.2 Å². The van der Waals surface area contributed by atoms with E-state index < -0.39 is 0 Å². The maximum absolute atomic E-state index is 13.4. The Morgan fingerprint density at radius 1 is 0.372 bits per heavy atom. The summed E-state index contributed by atoms with van der Waals surface area (Å²) in [7, 11) is 0. The van der Waals surface area contributed by atoms with Crippen LogP contribution in [0.3, 0.4) is 0 Å². The van der Waals surface area contributed by atoms with Crippen LogP contribution in [0.25, 0.3) is 92.2 Å². The van der Waals surface area contributed by atoms with Gasteiger partial charge in [0.15, 0.2) is 23.1 Å². The first-order valence-electron chi connectivity index (χ1n) is 26.0. The van der Waals surface area contributed by atoms with Crippen LogP contribution < -0.4 is 0 Å². The minimum Gasteiger partial charge on any atom is -0.288 e. The summed E-state index contributed by atoms with van der Waals surface area (Å²) < 4.78 is 2.61. The number of rotatable bonds is 12. The van der Waals surface area contributed by atoms with Gasteiger partial charge in [0.1, 0.15) is 0 Å². The number of hydrogen-bond acceptors (Lipinski definition) is 12. The molecule has 8 aromatic heterocycles. The molecular formula is C66H50O4S8. The molecule has 0 bridgehead atoms. The average Bonchev–Trinajstić information content (AvgIpc) is 4.31. The molecule has 2 aliphatic rings. The van der Waals surface area contributed by atoms with Crippen LogP contribution in [-0.4, -0.2) is 23.1 Å². The molecule has 8 heterocycles. The molecule has 0 atom stereocenters. The van der Waals surface area contributed by atoms with E-state index >= 15 is 0 Å². The lowest BCUT2D eigenvalue weighted by Gasteiger charge is -2.10. The fourth-order valence-electron chi connectivity index (χ4n) is 10.9. The molecular weight excluding hydrogens is 1110 g/mol. The van der Waals surface area contributed by atoms with Gasteiger partial charge in [0.05, 0.1) is 11.1 Å². The summed E-state index contributed by atoms with van der Waals surface area (Å²) in [6.45, 7) is 17.9. The highest BCUT2D eigenvalue weighted by molar-refractivity contribution is 7.31. The third-order valence-electron chi connectivity index (χ3n) is 14.5. The molecule has 386 valence electrons. The van der Waals surface area contributed by atoms with E-state index in [1.54, 1.807) is 59.1 Å². The zero-order valence-electron chi connectivity index (χ0n) is 44.0. The number of thiophene rings is 8. The SMILES string of the molecule is Cc1cc(C=C2C(=O)c3ccccc3C2=O)sc1-c1cc(C)c(-c2cc3c(-c4ccc(CC(C)C)s4)c4sc(-c5sc(-c6sc(C=C7C(=O)c8ccccc8C7=O)cc6C)cc5C)cc4c(-c4ccc(CC(C)C)s4)c3s2)s1. The lowest BCUT2D eigenvalue weighted by molar-refractivity contribution is 0.0975. The summed E-state index contributed by atoms with van der Waals surface area (Å²) in [5, 5.41) is 2.57. The maximum Gasteiger partial charge on any atom is 0.197 e. The van der Waals surface area contributed by atoms with Crippen molar-refractivity contribution in [3.63, 3.8) is 0 Å². The predicted octanol–water partition coefficient (Wildman–Crippen LogP) is 21.0. The summed E-state index contributed by atoms with van der Waals surface area (Å²) in [6.07, 6.45) is 5.64. The van der Waals surface area contributed by atoms with Gasteiger partial charge >= 0.3 is 0 Å². The fourth-order valence-corrected chi connectivity index (χ4v) is 21.4. The maximum atomic E-state index is 13.4. The molecule has 0 amide bonds. The molecule has 0 radical (unpaired) electrons. The van der Waals surface area contributed by atoms with E-state index in [-0.39, 0.29) is 34.3 Å². The normalized spacial score (nSPS) is 13.5. The van der Waals surface area contributed by atoms with Crippen LogP contribution in [0.2, 0.25) is 0 Å². The number of ketones is 4. The second kappa shape index (κ2) is 19.9. The highest BCUT2D eigenvalue weighted by Crippen LogP contribution is 2.57. The zero-order valence-corrected chi connectivity index (χ0v) is 50.5. The van der Waals surface area contributed by atoms with E-state index in [2.05, 4.69) is 116 Å². The minimum absolute atomic E-state index is 0.203. The standard InChI is InChI=1S/C66H50O4S8/c1-31(2)21-37-17-19-49(71-37)55-45-29-53(63-35(7)25-51(75-63)61-33(5)23-39(73-61)27-47-57(67)41-13-9-10-14-42(41)58(47)68)78-66(45)56(50-20-18-38(72-50)22-32(3)4)46-30-54(77-65(46)55)64-36(8)26-52(76-64)62-34(6)24-40(74-62)28-48-59(69)43-15-11-12-16-44(43)60(48)70/h9-20,23-32H,21-22H2,1-8H3. The van der Waals surface area contributed by atoms with E-state index in [0.29, 0.717) is 34.1 Å². The topological polar surface area (TPSA) is 68.3 Å². The van der Waals surface area contributed by atoms with Crippen molar-refractivity contribution >= 4 is 146 Å². The van der Waals surface area contributed by atoms with Crippen molar-refractivity contribution in [3.8, 4) is 59.9 Å². The molecule has 4 nitrogen and oxygen atoms in total. The second-order valence-corrected chi connectivity index (χ2v) is 30.0. The Balaban J connectivity index is 0.937. The monoisotopic (exact) mass is 1160 g/mol. The van der Waals surface area contributed by atoms with Crippen LogP contribution in [0.5, 0.6) is 0 Å². The van der Waals surface area contributed by atoms with E-state index in [1.165, 1.54) is 91.2 Å². The number of fused-ring (bicyclic) bond motifs is 4. The third-order valence-corrected chi connectivity index (χ3v) is 24.6. The summed E-state index contributed by atoms with van der Waals surface area (Å²) in [5.74, 6) is 0.270. The molecule has 13 rings (SSSR count). The molecule has 2 aliphatic carbocycles. The van der Waals surface area contributed by atoms with Crippen molar-refractivity contribution in [1.82, 2.24) is 0 Å². The molecule has 0 saturated heterocycles. The predicted molar refractivity (Wildman–Crippen MR) is 339 cm³/mol. The Hall–Kier alpha value is -6.06. The van der Waals surface area contributed by atoms with Gasteiger partial charge in [0.25, 0.3) is 0 Å². The summed E-state index contributed by atoms with van der Waals surface area (Å²) in [4.78, 5) is 70.3. The molecule has 0 aliphatic heterocycles. The second-order valence-electron chi connectivity index (χ2n) is 21.3. The number of Topliss-reactive ketones (excluding diaryl/α,β-unsaturated/α-hetero) is 4. The van der Waals surface area contributed by atoms with Crippen molar-refractivity contribution in [2.75, 3.05) is 0 Å². The summed E-state index contributed by atoms with van der Waals surface area (Å²) in [6, 6.07) is 37.4. The molecule has 12 heteroatoms. The molecule has 78 heavy (non-hydrogen) atoms. The van der Waals surface area contributed by atoms with Gasteiger partial charge in [0.2, 0.25) is 0 Å². The van der Waals surface area contributed by atoms with Gasteiger partial charge < -0.3 is 0 Å². The quantitative estimate of drug-likeness (QED) is 0.0903. The highest BCUT2D eigenvalue weighted by Gasteiger charge is 2.35. The Kier molecular flexibility index (Phi) is 13.1. The van der Waals surface area contributed by atoms with Gasteiger partial charge in [-0.1, -0.05) is 76.2 Å². The van der Waals surface area contributed by atoms with E-state index in [1.807, 2.05) is 92.3 Å². The van der Waals surface area contributed by atoms with Crippen LogP contribution in [0, 0.1) is 39.5 Å². The molecule has 11 aromatic rings. The van der Waals surface area contributed by atoms with Crippen LogP contribution in [0.1, 0.15) is 111 Å². The Bertz CT molecular complexity index is 4010. The van der Waals surface area contributed by atoms with Gasteiger partial charge in [-0.05, 0) is 147 Å². The van der Waals surface area contributed by atoms with Crippen LogP contribution in [-0.2, 0) is 12.8 Å².